The fraction of sp³-hybridized carbons (Fsp3) is 0.348. The lowest BCUT2D eigenvalue weighted by molar-refractivity contribution is -0.140. The molecule has 6 N–H and O–H groups in total. The molecule has 0 aliphatic rings. The highest BCUT2D eigenvalue weighted by Gasteiger charge is 2.21. The first-order chi connectivity index (χ1) is 16.1. The number of rotatable bonds is 11. The number of fused-ring (bicyclic) bond motifs is 1. The number of carboxylic acid groups (broad SMARTS) is 2. The highest BCUT2D eigenvalue weighted by atomic mass is 16.4. The fourth-order valence-electron chi connectivity index (χ4n) is 3.51. The van der Waals surface area contributed by atoms with Crippen LogP contribution >= 0.6 is 0 Å². The number of benzene rings is 1. The Hall–Kier alpha value is -4.15. The molecule has 34 heavy (non-hydrogen) atoms. The van der Waals surface area contributed by atoms with Gasteiger partial charge in [-0.1, -0.05) is 12.1 Å². The van der Waals surface area contributed by atoms with Crippen LogP contribution in [-0.4, -0.2) is 55.1 Å². The number of aromatic nitrogens is 3. The minimum absolute atomic E-state index is 0.125. The van der Waals surface area contributed by atoms with Gasteiger partial charge < -0.3 is 25.8 Å². The lowest BCUT2D eigenvalue weighted by Crippen LogP contribution is -2.41. The van der Waals surface area contributed by atoms with Crippen LogP contribution in [0.2, 0.25) is 0 Å². The number of carbonyl (C=O) groups is 3. The summed E-state index contributed by atoms with van der Waals surface area (Å²) in [6, 6.07) is 5.50. The van der Waals surface area contributed by atoms with E-state index < -0.39 is 23.9 Å². The monoisotopic (exact) mass is 469 g/mol. The Morgan fingerprint density at radius 1 is 1.09 bits per heavy atom. The number of nitrogens with zero attached hydrogens (tertiary/aromatic N) is 1. The highest BCUT2D eigenvalue weighted by molar-refractivity contribution is 5.96. The van der Waals surface area contributed by atoms with E-state index in [-0.39, 0.29) is 30.0 Å². The van der Waals surface area contributed by atoms with Crippen molar-refractivity contribution >= 4 is 34.8 Å². The normalized spacial score (nSPS) is 12.0. The average molecular weight is 469 g/mol. The maximum Gasteiger partial charge on any atom is 0.326 e. The molecular formula is C23H27N5O6. The summed E-state index contributed by atoms with van der Waals surface area (Å²) >= 11 is 0. The van der Waals surface area contributed by atoms with E-state index in [9.17, 15) is 24.3 Å². The first-order valence-corrected chi connectivity index (χ1v) is 10.8. The minimum atomic E-state index is -1.29. The van der Waals surface area contributed by atoms with Gasteiger partial charge in [-0.05, 0) is 56.4 Å². The molecule has 1 aromatic carbocycles. The number of carbonyl (C=O) groups excluding carboxylic acids is 1. The summed E-state index contributed by atoms with van der Waals surface area (Å²) in [5, 5.41) is 23.8. The van der Waals surface area contributed by atoms with Crippen molar-refractivity contribution in [1.82, 2.24) is 20.3 Å². The molecule has 3 rings (SSSR count). The molecule has 11 heteroatoms. The summed E-state index contributed by atoms with van der Waals surface area (Å²) in [6.07, 6.45) is 2.37. The van der Waals surface area contributed by atoms with Crippen molar-refractivity contribution in [1.29, 1.82) is 0 Å². The van der Waals surface area contributed by atoms with E-state index in [1.54, 1.807) is 30.5 Å². The average Bonchev–Trinajstić information content (AvgIpc) is 3.18. The van der Waals surface area contributed by atoms with Gasteiger partial charge in [-0.25, -0.2) is 4.79 Å². The number of carboxylic acids is 2. The summed E-state index contributed by atoms with van der Waals surface area (Å²) in [5.41, 5.74) is 2.29. The van der Waals surface area contributed by atoms with Crippen molar-refractivity contribution in [2.75, 3.05) is 5.32 Å². The molecule has 0 saturated carbocycles. The second kappa shape index (κ2) is 10.6. The number of aliphatic carboxylic acids is 2. The van der Waals surface area contributed by atoms with E-state index in [0.717, 1.165) is 11.1 Å². The predicted octanol–water partition coefficient (Wildman–Crippen LogP) is 1.90. The molecule has 0 aliphatic carbocycles. The van der Waals surface area contributed by atoms with Gasteiger partial charge in [0.2, 0.25) is 5.95 Å². The summed E-state index contributed by atoms with van der Waals surface area (Å²) in [5.74, 6) is -2.61. The molecule has 2 aromatic heterocycles. The van der Waals surface area contributed by atoms with Crippen molar-refractivity contribution in [2.24, 2.45) is 0 Å². The Morgan fingerprint density at radius 3 is 2.41 bits per heavy atom. The molecule has 0 spiro atoms. The first kappa shape index (κ1) is 24.5. The summed E-state index contributed by atoms with van der Waals surface area (Å²) < 4.78 is 0. The third-order valence-corrected chi connectivity index (χ3v) is 5.20. The fourth-order valence-corrected chi connectivity index (χ4v) is 3.51. The van der Waals surface area contributed by atoms with E-state index in [4.69, 9.17) is 5.11 Å². The minimum Gasteiger partial charge on any atom is -0.481 e. The smallest absolute Gasteiger partial charge is 0.326 e. The number of aryl methyl sites for hydroxylation is 2. The van der Waals surface area contributed by atoms with Crippen molar-refractivity contribution < 1.29 is 24.6 Å². The molecule has 180 valence electrons. The zero-order chi connectivity index (χ0) is 24.8. The number of anilines is 1. The summed E-state index contributed by atoms with van der Waals surface area (Å²) in [6.45, 7) is 3.90. The van der Waals surface area contributed by atoms with Gasteiger partial charge in [-0.3, -0.25) is 19.4 Å². The Balaban J connectivity index is 1.64. The van der Waals surface area contributed by atoms with Crippen LogP contribution in [0, 0.1) is 0 Å². The van der Waals surface area contributed by atoms with E-state index in [0.29, 0.717) is 29.8 Å². The van der Waals surface area contributed by atoms with Gasteiger partial charge in [0.05, 0.1) is 5.39 Å². The van der Waals surface area contributed by atoms with Crippen molar-refractivity contribution in [3.05, 3.63) is 57.5 Å². The molecule has 0 aliphatic heterocycles. The van der Waals surface area contributed by atoms with Crippen LogP contribution in [0.1, 0.15) is 48.2 Å². The van der Waals surface area contributed by atoms with Gasteiger partial charge in [0.15, 0.2) is 0 Å². The standard InChI is InChI=1S/C23H27N5O6/c1-12(2)25-23-27-19-18(21(32)28-23)15(11-24-19)8-5-13-3-6-14(7-4-13)20(31)26-16(22(33)34)9-10-17(29)30/h3-4,6-7,11-12,16H,5,8-10H2,1-2H3,(H,26,31)(H,29,30)(H,33,34)(H3,24,25,27,28,32)/t16-/m0/s1. The third-order valence-electron chi connectivity index (χ3n) is 5.20. The zero-order valence-electron chi connectivity index (χ0n) is 18.8. The van der Waals surface area contributed by atoms with Gasteiger partial charge in [-0.15, -0.1) is 0 Å². The van der Waals surface area contributed by atoms with Gasteiger partial charge in [0.25, 0.3) is 11.5 Å². The molecule has 1 atom stereocenters. The van der Waals surface area contributed by atoms with Gasteiger partial charge in [0.1, 0.15) is 11.7 Å². The number of aromatic amines is 2. The predicted molar refractivity (Wildman–Crippen MR) is 125 cm³/mol. The Kier molecular flexibility index (Phi) is 7.67. The molecule has 0 fully saturated rings. The molecule has 0 radical (unpaired) electrons. The van der Waals surface area contributed by atoms with Crippen LogP contribution in [-0.2, 0) is 22.4 Å². The molecular weight excluding hydrogens is 442 g/mol. The van der Waals surface area contributed by atoms with Gasteiger partial charge in [0, 0.05) is 24.2 Å². The maximum atomic E-state index is 12.5. The van der Waals surface area contributed by atoms with Crippen LogP contribution in [0.5, 0.6) is 0 Å². The molecule has 0 bridgehead atoms. The molecule has 0 unspecified atom stereocenters. The summed E-state index contributed by atoms with van der Waals surface area (Å²) in [4.78, 5) is 57.0. The highest BCUT2D eigenvalue weighted by Crippen LogP contribution is 2.17. The Bertz CT molecular complexity index is 1240. The van der Waals surface area contributed by atoms with E-state index in [1.165, 1.54) is 0 Å². The number of H-pyrrole nitrogens is 2. The van der Waals surface area contributed by atoms with Crippen LogP contribution in [0.25, 0.3) is 11.0 Å². The number of nitrogens with one attached hydrogen (secondary N) is 4. The van der Waals surface area contributed by atoms with E-state index in [2.05, 4.69) is 25.6 Å². The van der Waals surface area contributed by atoms with Crippen LogP contribution in [0.3, 0.4) is 0 Å². The van der Waals surface area contributed by atoms with Crippen LogP contribution < -0.4 is 16.2 Å². The van der Waals surface area contributed by atoms with E-state index >= 15 is 0 Å². The largest absolute Gasteiger partial charge is 0.481 e. The third kappa shape index (κ3) is 6.21. The topological polar surface area (TPSA) is 177 Å². The SMILES string of the molecule is CC(C)Nc1nc2[nH]cc(CCc3ccc(C(=O)N[C@@H](CCC(=O)O)C(=O)O)cc3)c2c(=O)[nH]1. The summed E-state index contributed by atoms with van der Waals surface area (Å²) in [7, 11) is 0. The van der Waals surface area contributed by atoms with E-state index in [1.807, 2.05) is 13.8 Å². The maximum absolute atomic E-state index is 12.5. The molecule has 1 amide bonds. The molecule has 3 aromatic rings. The number of hydrogen-bond donors (Lipinski definition) is 6. The van der Waals surface area contributed by atoms with Crippen molar-refractivity contribution in [2.45, 2.75) is 51.6 Å². The second-order valence-electron chi connectivity index (χ2n) is 8.24. The molecule has 2 heterocycles. The quantitative estimate of drug-likeness (QED) is 0.246. The number of amides is 1. The Labute approximate surface area is 194 Å². The molecule has 0 saturated heterocycles. The lowest BCUT2D eigenvalue weighted by atomic mass is 10.0. The van der Waals surface area contributed by atoms with Crippen molar-refractivity contribution in [3.8, 4) is 0 Å². The van der Waals surface area contributed by atoms with Crippen molar-refractivity contribution in [3.63, 3.8) is 0 Å². The van der Waals surface area contributed by atoms with Crippen LogP contribution in [0.15, 0.2) is 35.3 Å². The number of hydrogen-bond acceptors (Lipinski definition) is 6. The Morgan fingerprint density at radius 2 is 1.79 bits per heavy atom. The zero-order valence-corrected chi connectivity index (χ0v) is 18.8. The molecule has 11 nitrogen and oxygen atoms in total. The van der Waals surface area contributed by atoms with Gasteiger partial charge >= 0.3 is 11.9 Å². The lowest BCUT2D eigenvalue weighted by Gasteiger charge is -2.13. The van der Waals surface area contributed by atoms with Gasteiger partial charge in [-0.2, -0.15) is 4.98 Å². The second-order valence-corrected chi connectivity index (χ2v) is 8.24. The first-order valence-electron chi connectivity index (χ1n) is 10.8. The van der Waals surface area contributed by atoms with Crippen LogP contribution in [0.4, 0.5) is 5.95 Å².